The van der Waals surface area contributed by atoms with Crippen LogP contribution in [0.3, 0.4) is 0 Å². The van der Waals surface area contributed by atoms with Crippen LogP contribution in [0.4, 0.5) is 28.9 Å². The number of carbonyl (C=O) groups is 2. The lowest BCUT2D eigenvalue weighted by Gasteiger charge is -2.20. The first-order valence-electron chi connectivity index (χ1n) is 8.58. The molecule has 2 rings (SSSR count). The van der Waals surface area contributed by atoms with Gasteiger partial charge in [-0.15, -0.1) is 13.2 Å². The summed E-state index contributed by atoms with van der Waals surface area (Å²) in [5.74, 6) is -1.60. The van der Waals surface area contributed by atoms with Gasteiger partial charge in [0.1, 0.15) is 11.6 Å². The second-order valence-corrected chi connectivity index (χ2v) is 6.36. The molecule has 29 heavy (non-hydrogen) atoms. The minimum atomic E-state index is -4.79. The summed E-state index contributed by atoms with van der Waals surface area (Å²) in [5.41, 5.74) is 0.724. The topological polar surface area (TPSA) is 71.9 Å². The first kappa shape index (κ1) is 22.2. The Morgan fingerprint density at radius 2 is 1.52 bits per heavy atom. The maximum Gasteiger partial charge on any atom is 0.573 e. The Balaban J connectivity index is 1.85. The summed E-state index contributed by atoms with van der Waals surface area (Å²) in [6.07, 6.45) is -4.79. The molecule has 0 radical (unpaired) electrons. The van der Waals surface area contributed by atoms with Gasteiger partial charge in [0, 0.05) is 11.4 Å². The van der Waals surface area contributed by atoms with Crippen LogP contribution in [0.25, 0.3) is 0 Å². The fraction of sp³-hybridized carbons (Fsp3) is 0.263. The summed E-state index contributed by atoms with van der Waals surface area (Å²) in [4.78, 5) is 25.0. The van der Waals surface area contributed by atoms with Crippen molar-refractivity contribution in [2.45, 2.75) is 19.3 Å². The van der Waals surface area contributed by atoms with Crippen molar-refractivity contribution >= 4 is 23.2 Å². The second kappa shape index (κ2) is 9.37. The lowest BCUT2D eigenvalue weighted by Crippen LogP contribution is -3.14. The lowest BCUT2D eigenvalue weighted by molar-refractivity contribution is -0.885. The summed E-state index contributed by atoms with van der Waals surface area (Å²) < 4.78 is 53.1. The van der Waals surface area contributed by atoms with Crippen LogP contribution in [0.5, 0.6) is 5.75 Å². The number of amides is 2. The van der Waals surface area contributed by atoms with Crippen molar-refractivity contribution in [3.8, 4) is 5.75 Å². The minimum Gasteiger partial charge on any atom is -0.406 e. The summed E-state index contributed by atoms with van der Waals surface area (Å²) in [5, 5.41) is 5.18. The molecule has 0 aliphatic rings. The molecular weight excluding hydrogens is 394 g/mol. The Labute approximate surface area is 164 Å². The first-order chi connectivity index (χ1) is 13.5. The van der Waals surface area contributed by atoms with Crippen LogP contribution < -0.4 is 20.3 Å². The Kier molecular flexibility index (Phi) is 7.16. The van der Waals surface area contributed by atoms with Crippen LogP contribution in [0.15, 0.2) is 48.5 Å². The highest BCUT2D eigenvalue weighted by Crippen LogP contribution is 2.23. The molecule has 2 atom stereocenters. The number of anilines is 2. The third-order valence-corrected chi connectivity index (χ3v) is 4.06. The molecular formula is C19H20F4N3O3+. The molecule has 0 bridgehead atoms. The van der Waals surface area contributed by atoms with Crippen molar-refractivity contribution in [2.75, 3.05) is 24.2 Å². The van der Waals surface area contributed by atoms with E-state index >= 15 is 0 Å². The molecule has 3 N–H and O–H groups in total. The SMILES string of the molecule is C[C@H](C(=O)Nc1ccc(F)cc1)[NH+](C)CC(=O)Nc1ccc(OC(F)(F)F)cc1. The number of hydrogen-bond acceptors (Lipinski definition) is 3. The van der Waals surface area contributed by atoms with Crippen molar-refractivity contribution in [3.63, 3.8) is 0 Å². The number of ether oxygens (including phenoxy) is 1. The second-order valence-electron chi connectivity index (χ2n) is 6.36. The van der Waals surface area contributed by atoms with E-state index in [0.29, 0.717) is 16.3 Å². The Morgan fingerprint density at radius 1 is 1.00 bits per heavy atom. The zero-order valence-electron chi connectivity index (χ0n) is 15.6. The van der Waals surface area contributed by atoms with Gasteiger partial charge in [0.05, 0.1) is 7.05 Å². The summed E-state index contributed by atoms with van der Waals surface area (Å²) in [6.45, 7) is 1.57. The van der Waals surface area contributed by atoms with Crippen LogP contribution in [0.2, 0.25) is 0 Å². The van der Waals surface area contributed by atoms with E-state index in [1.165, 1.54) is 36.4 Å². The Bertz CT molecular complexity index is 839. The van der Waals surface area contributed by atoms with Crippen molar-refractivity contribution in [1.82, 2.24) is 0 Å². The van der Waals surface area contributed by atoms with Crippen LogP contribution in [-0.2, 0) is 9.59 Å². The van der Waals surface area contributed by atoms with Gasteiger partial charge in [0.2, 0.25) is 0 Å². The molecule has 0 spiro atoms. The fourth-order valence-corrected chi connectivity index (χ4v) is 2.36. The average molecular weight is 414 g/mol. The lowest BCUT2D eigenvalue weighted by atomic mass is 10.2. The van der Waals surface area contributed by atoms with Crippen LogP contribution in [0.1, 0.15) is 6.92 Å². The van der Waals surface area contributed by atoms with Crippen molar-refractivity contribution < 1.29 is 36.8 Å². The van der Waals surface area contributed by atoms with Crippen molar-refractivity contribution in [1.29, 1.82) is 0 Å². The Morgan fingerprint density at radius 3 is 2.07 bits per heavy atom. The van der Waals surface area contributed by atoms with E-state index in [2.05, 4.69) is 15.4 Å². The number of alkyl halides is 3. The molecule has 0 heterocycles. The predicted octanol–water partition coefficient (Wildman–Crippen LogP) is 2.20. The highest BCUT2D eigenvalue weighted by atomic mass is 19.4. The van der Waals surface area contributed by atoms with Gasteiger partial charge >= 0.3 is 6.36 Å². The van der Waals surface area contributed by atoms with Crippen LogP contribution >= 0.6 is 0 Å². The van der Waals surface area contributed by atoms with Crippen molar-refractivity contribution in [3.05, 3.63) is 54.3 Å². The van der Waals surface area contributed by atoms with Gasteiger partial charge in [-0.1, -0.05) is 0 Å². The van der Waals surface area contributed by atoms with Gasteiger partial charge in [0.25, 0.3) is 11.8 Å². The molecule has 0 aliphatic carbocycles. The van der Waals surface area contributed by atoms with Gasteiger partial charge in [-0.25, -0.2) is 4.39 Å². The molecule has 156 valence electrons. The highest BCUT2D eigenvalue weighted by Gasteiger charge is 2.31. The maximum atomic E-state index is 12.9. The quantitative estimate of drug-likeness (QED) is 0.609. The molecule has 0 saturated carbocycles. The molecule has 2 aromatic carbocycles. The van der Waals surface area contributed by atoms with E-state index in [4.69, 9.17) is 0 Å². The molecule has 6 nitrogen and oxygen atoms in total. The van der Waals surface area contributed by atoms with E-state index in [0.717, 1.165) is 12.1 Å². The molecule has 0 aromatic heterocycles. The van der Waals surface area contributed by atoms with Crippen LogP contribution in [-0.4, -0.2) is 37.8 Å². The monoisotopic (exact) mass is 414 g/mol. The van der Waals surface area contributed by atoms with E-state index in [1.807, 2.05) is 0 Å². The average Bonchev–Trinajstić information content (AvgIpc) is 2.63. The van der Waals surface area contributed by atoms with E-state index in [9.17, 15) is 27.2 Å². The zero-order chi connectivity index (χ0) is 21.6. The number of hydrogen-bond donors (Lipinski definition) is 3. The Hall–Kier alpha value is -3.14. The zero-order valence-corrected chi connectivity index (χ0v) is 15.6. The van der Waals surface area contributed by atoms with Crippen LogP contribution in [0, 0.1) is 5.82 Å². The third kappa shape index (κ3) is 7.41. The molecule has 0 aliphatic heterocycles. The molecule has 2 amide bonds. The van der Waals surface area contributed by atoms with E-state index in [1.54, 1.807) is 14.0 Å². The van der Waals surface area contributed by atoms with E-state index < -0.39 is 29.9 Å². The largest absolute Gasteiger partial charge is 0.573 e. The summed E-state index contributed by atoms with van der Waals surface area (Å²) in [6, 6.07) is 9.41. The third-order valence-electron chi connectivity index (χ3n) is 4.06. The van der Waals surface area contributed by atoms with Gasteiger partial charge in [-0.2, -0.15) is 0 Å². The normalized spacial score (nSPS) is 13.3. The first-order valence-corrected chi connectivity index (χ1v) is 8.58. The van der Waals surface area contributed by atoms with Gasteiger partial charge in [0.15, 0.2) is 12.6 Å². The summed E-state index contributed by atoms with van der Waals surface area (Å²) >= 11 is 0. The van der Waals surface area contributed by atoms with Gasteiger partial charge in [-0.05, 0) is 55.5 Å². The maximum absolute atomic E-state index is 12.9. The number of benzene rings is 2. The van der Waals surface area contributed by atoms with Gasteiger partial charge in [-0.3, -0.25) is 9.59 Å². The standard InChI is InChI=1S/C19H19F4N3O3/c1-12(18(28)25-15-5-3-13(20)4-6-15)26(2)11-17(27)24-14-7-9-16(10-8-14)29-19(21,22)23/h3-10,12H,11H2,1-2H3,(H,24,27)(H,25,28)/p+1/t12-/m1/s1. The molecule has 0 fully saturated rings. The highest BCUT2D eigenvalue weighted by molar-refractivity contribution is 5.94. The number of rotatable bonds is 7. The number of carbonyl (C=O) groups excluding carboxylic acids is 2. The molecule has 10 heteroatoms. The number of likely N-dealkylation sites (N-methyl/N-ethyl adjacent to an activating group) is 1. The van der Waals surface area contributed by atoms with Crippen molar-refractivity contribution in [2.24, 2.45) is 0 Å². The smallest absolute Gasteiger partial charge is 0.406 e. The minimum absolute atomic E-state index is 0.0567. The molecule has 0 saturated heterocycles. The molecule has 2 aromatic rings. The number of halogens is 4. The molecule has 1 unspecified atom stereocenters. The van der Waals surface area contributed by atoms with Gasteiger partial charge < -0.3 is 20.3 Å². The van der Waals surface area contributed by atoms with E-state index in [-0.39, 0.29) is 12.5 Å². The summed E-state index contributed by atoms with van der Waals surface area (Å²) in [7, 11) is 1.65. The number of quaternary nitrogens is 1. The number of nitrogens with one attached hydrogen (secondary N) is 3. The predicted molar refractivity (Wildman–Crippen MR) is 98.0 cm³/mol. The fourth-order valence-electron chi connectivity index (χ4n) is 2.36.